The van der Waals surface area contributed by atoms with Crippen LogP contribution in [-0.4, -0.2) is 22.8 Å². The summed E-state index contributed by atoms with van der Waals surface area (Å²) >= 11 is 0. The standard InChI is InChI=1S/C14H11NO5/c1-14(2)19-12(17)10(13(18)20-14)6-8-4-3-5-9(7-15)11(8)16/h3-6,16H,1-2H3. The molecule has 6 heteroatoms. The van der Waals surface area contributed by atoms with Gasteiger partial charge in [-0.05, 0) is 12.1 Å². The van der Waals surface area contributed by atoms with E-state index in [1.165, 1.54) is 32.0 Å². The molecule has 20 heavy (non-hydrogen) atoms. The van der Waals surface area contributed by atoms with Gasteiger partial charge in [-0.1, -0.05) is 12.1 Å². The van der Waals surface area contributed by atoms with E-state index in [1.54, 1.807) is 6.07 Å². The molecule has 0 bridgehead atoms. The molecule has 2 rings (SSSR count). The summed E-state index contributed by atoms with van der Waals surface area (Å²) in [6.45, 7) is 2.88. The molecule has 0 aromatic heterocycles. The Kier molecular flexibility index (Phi) is 3.20. The summed E-state index contributed by atoms with van der Waals surface area (Å²) in [4.78, 5) is 23.5. The normalized spacial score (nSPS) is 16.9. The molecule has 1 aromatic carbocycles. The van der Waals surface area contributed by atoms with E-state index in [4.69, 9.17) is 14.7 Å². The Labute approximate surface area is 114 Å². The number of rotatable bonds is 1. The van der Waals surface area contributed by atoms with Crippen LogP contribution in [-0.2, 0) is 19.1 Å². The third-order valence-corrected chi connectivity index (χ3v) is 2.60. The monoisotopic (exact) mass is 273 g/mol. The molecule has 1 saturated heterocycles. The Bertz CT molecular complexity index is 645. The lowest BCUT2D eigenvalue weighted by Crippen LogP contribution is -2.41. The lowest BCUT2D eigenvalue weighted by molar-refractivity contribution is -0.222. The minimum absolute atomic E-state index is 0.0391. The minimum Gasteiger partial charge on any atom is -0.506 e. The molecule has 0 radical (unpaired) electrons. The van der Waals surface area contributed by atoms with Crippen molar-refractivity contribution in [2.24, 2.45) is 0 Å². The Morgan fingerprint density at radius 3 is 2.40 bits per heavy atom. The highest BCUT2D eigenvalue weighted by Gasteiger charge is 2.38. The molecule has 1 aromatic rings. The van der Waals surface area contributed by atoms with Crippen molar-refractivity contribution >= 4 is 18.0 Å². The summed E-state index contributed by atoms with van der Waals surface area (Å²) in [7, 11) is 0. The van der Waals surface area contributed by atoms with Crippen molar-refractivity contribution in [3.8, 4) is 11.8 Å². The Morgan fingerprint density at radius 1 is 1.25 bits per heavy atom. The van der Waals surface area contributed by atoms with Gasteiger partial charge in [-0.15, -0.1) is 0 Å². The summed E-state index contributed by atoms with van der Waals surface area (Å²) in [5.74, 6) is -3.31. The van der Waals surface area contributed by atoms with Crippen molar-refractivity contribution in [1.29, 1.82) is 5.26 Å². The van der Waals surface area contributed by atoms with Crippen molar-refractivity contribution in [2.75, 3.05) is 0 Å². The molecular formula is C14H11NO5. The third-order valence-electron chi connectivity index (χ3n) is 2.60. The average molecular weight is 273 g/mol. The van der Waals surface area contributed by atoms with Gasteiger partial charge in [-0.3, -0.25) is 0 Å². The van der Waals surface area contributed by atoms with Crippen LogP contribution in [0, 0.1) is 11.3 Å². The molecule has 6 nitrogen and oxygen atoms in total. The van der Waals surface area contributed by atoms with Crippen molar-refractivity contribution in [2.45, 2.75) is 19.6 Å². The largest absolute Gasteiger partial charge is 0.506 e. The van der Waals surface area contributed by atoms with Crippen LogP contribution in [0.3, 0.4) is 0 Å². The van der Waals surface area contributed by atoms with Crippen molar-refractivity contribution in [3.05, 3.63) is 34.9 Å². The molecule has 0 spiro atoms. The molecule has 0 unspecified atom stereocenters. The van der Waals surface area contributed by atoms with Gasteiger partial charge in [0.25, 0.3) is 5.79 Å². The Morgan fingerprint density at radius 2 is 1.85 bits per heavy atom. The second-order valence-electron chi connectivity index (χ2n) is 4.59. The molecule has 1 N–H and O–H groups in total. The smallest absolute Gasteiger partial charge is 0.348 e. The summed E-state index contributed by atoms with van der Waals surface area (Å²) in [6.07, 6.45) is 1.13. The van der Waals surface area contributed by atoms with Gasteiger partial charge < -0.3 is 14.6 Å². The number of nitrogens with zero attached hydrogens (tertiary/aromatic N) is 1. The van der Waals surface area contributed by atoms with Crippen LogP contribution in [0.1, 0.15) is 25.0 Å². The number of carbonyl (C=O) groups is 2. The van der Waals surface area contributed by atoms with E-state index in [0.717, 1.165) is 6.08 Å². The van der Waals surface area contributed by atoms with E-state index >= 15 is 0 Å². The number of nitriles is 1. The average Bonchev–Trinajstić information content (AvgIpc) is 2.34. The van der Waals surface area contributed by atoms with Crippen LogP contribution in [0.2, 0.25) is 0 Å². The van der Waals surface area contributed by atoms with Gasteiger partial charge in [0, 0.05) is 19.4 Å². The molecule has 0 amide bonds. The van der Waals surface area contributed by atoms with E-state index < -0.39 is 17.7 Å². The van der Waals surface area contributed by atoms with Crippen LogP contribution in [0.4, 0.5) is 0 Å². The number of phenols is 1. The molecular weight excluding hydrogens is 262 g/mol. The first kappa shape index (κ1) is 13.6. The number of hydrogen-bond donors (Lipinski definition) is 1. The first-order valence-corrected chi connectivity index (χ1v) is 5.74. The highest BCUT2D eigenvalue weighted by molar-refractivity contribution is 6.19. The van der Waals surface area contributed by atoms with Crippen LogP contribution in [0.15, 0.2) is 23.8 Å². The fraction of sp³-hybridized carbons (Fsp3) is 0.214. The zero-order chi connectivity index (χ0) is 14.9. The molecule has 1 fully saturated rings. The predicted molar refractivity (Wildman–Crippen MR) is 67.1 cm³/mol. The van der Waals surface area contributed by atoms with E-state index in [1.807, 2.05) is 0 Å². The first-order chi connectivity index (χ1) is 9.34. The number of carbonyl (C=O) groups excluding carboxylic acids is 2. The van der Waals surface area contributed by atoms with Crippen LogP contribution in [0.5, 0.6) is 5.75 Å². The Hall–Kier alpha value is -2.81. The van der Waals surface area contributed by atoms with Crippen molar-refractivity contribution in [1.82, 2.24) is 0 Å². The SMILES string of the molecule is CC1(C)OC(=O)C(=Cc2cccc(C#N)c2O)C(=O)O1. The number of cyclic esters (lactones) is 2. The highest BCUT2D eigenvalue weighted by atomic mass is 16.7. The van der Waals surface area contributed by atoms with E-state index in [2.05, 4.69) is 0 Å². The van der Waals surface area contributed by atoms with Gasteiger partial charge in [0.15, 0.2) is 0 Å². The molecule has 1 heterocycles. The maximum Gasteiger partial charge on any atom is 0.348 e. The van der Waals surface area contributed by atoms with Gasteiger partial charge in [0.1, 0.15) is 17.4 Å². The van der Waals surface area contributed by atoms with E-state index in [0.29, 0.717) is 0 Å². The molecule has 102 valence electrons. The van der Waals surface area contributed by atoms with Crippen molar-refractivity contribution in [3.63, 3.8) is 0 Å². The fourth-order valence-corrected chi connectivity index (χ4v) is 1.70. The second kappa shape index (κ2) is 4.70. The van der Waals surface area contributed by atoms with Gasteiger partial charge in [-0.2, -0.15) is 5.26 Å². The number of phenolic OH excluding ortho intramolecular Hbond substituents is 1. The number of hydrogen-bond acceptors (Lipinski definition) is 6. The number of ether oxygens (including phenoxy) is 2. The van der Waals surface area contributed by atoms with Gasteiger partial charge in [0.05, 0.1) is 5.56 Å². The summed E-state index contributed by atoms with van der Waals surface area (Å²) in [6, 6.07) is 6.20. The van der Waals surface area contributed by atoms with Crippen LogP contribution >= 0.6 is 0 Å². The van der Waals surface area contributed by atoms with E-state index in [9.17, 15) is 14.7 Å². The summed E-state index contributed by atoms with van der Waals surface area (Å²) in [5.41, 5.74) is -0.139. The Balaban J connectivity index is 2.44. The van der Waals surface area contributed by atoms with E-state index in [-0.39, 0.29) is 22.4 Å². The number of benzene rings is 1. The van der Waals surface area contributed by atoms with Gasteiger partial charge >= 0.3 is 11.9 Å². The lowest BCUT2D eigenvalue weighted by Gasteiger charge is -2.29. The molecule has 0 saturated carbocycles. The molecule has 1 aliphatic heterocycles. The number of aromatic hydroxyl groups is 1. The first-order valence-electron chi connectivity index (χ1n) is 5.74. The zero-order valence-corrected chi connectivity index (χ0v) is 10.8. The van der Waals surface area contributed by atoms with Crippen LogP contribution < -0.4 is 0 Å². The quantitative estimate of drug-likeness (QED) is 0.473. The fourth-order valence-electron chi connectivity index (χ4n) is 1.70. The zero-order valence-electron chi connectivity index (χ0n) is 10.8. The predicted octanol–water partition coefficient (Wildman–Crippen LogP) is 1.48. The lowest BCUT2D eigenvalue weighted by atomic mass is 10.1. The molecule has 1 aliphatic rings. The maximum absolute atomic E-state index is 11.8. The molecule has 0 atom stereocenters. The topological polar surface area (TPSA) is 96.6 Å². The second-order valence-corrected chi connectivity index (χ2v) is 4.59. The minimum atomic E-state index is -1.32. The third kappa shape index (κ3) is 2.47. The van der Waals surface area contributed by atoms with Crippen molar-refractivity contribution < 1.29 is 24.2 Å². The number of esters is 2. The maximum atomic E-state index is 11.8. The highest BCUT2D eigenvalue weighted by Crippen LogP contribution is 2.28. The summed E-state index contributed by atoms with van der Waals surface area (Å²) < 4.78 is 9.86. The number of para-hydroxylation sites is 1. The summed E-state index contributed by atoms with van der Waals surface area (Å²) in [5, 5.41) is 18.6. The van der Waals surface area contributed by atoms with Gasteiger partial charge in [-0.25, -0.2) is 9.59 Å². The van der Waals surface area contributed by atoms with Crippen LogP contribution in [0.25, 0.3) is 6.08 Å². The van der Waals surface area contributed by atoms with Gasteiger partial charge in [0.2, 0.25) is 0 Å². The molecule has 0 aliphatic carbocycles.